The fraction of sp³-hybridized carbons (Fsp3) is 0. The number of nitrogens with zero attached hydrogens (tertiary/aromatic N) is 3. The summed E-state index contributed by atoms with van der Waals surface area (Å²) < 4.78 is 0. The van der Waals surface area contributed by atoms with Gasteiger partial charge in [0.25, 0.3) is 0 Å². The first-order valence-corrected chi connectivity index (χ1v) is 5.21. The van der Waals surface area contributed by atoms with E-state index in [-0.39, 0.29) is 5.96 Å². The minimum absolute atomic E-state index is 0.0817. The highest BCUT2D eigenvalue weighted by atomic mass is 35.5. The van der Waals surface area contributed by atoms with Gasteiger partial charge < -0.3 is 11.5 Å². The maximum absolute atomic E-state index is 6.06. The summed E-state index contributed by atoms with van der Waals surface area (Å²) in [7, 11) is 0. The molecule has 86 valence electrons. The van der Waals surface area contributed by atoms with Crippen molar-refractivity contribution in [1.82, 2.24) is 4.98 Å². The van der Waals surface area contributed by atoms with E-state index in [1.54, 1.807) is 18.5 Å². The molecule has 0 aliphatic rings. The van der Waals surface area contributed by atoms with Crippen LogP contribution in [0.3, 0.4) is 0 Å². The van der Waals surface area contributed by atoms with Crippen molar-refractivity contribution in [3.63, 3.8) is 0 Å². The number of hydrogen-bond acceptors (Lipinski definition) is 3. The zero-order valence-electron chi connectivity index (χ0n) is 8.84. The Balaban J connectivity index is 2.41. The number of nitrogens with two attached hydrogens (primary N) is 2. The van der Waals surface area contributed by atoms with Gasteiger partial charge in [-0.1, -0.05) is 17.7 Å². The van der Waals surface area contributed by atoms with E-state index in [9.17, 15) is 0 Å². The SMILES string of the molecule is NC(N)=NN=Cc1ccc2nccc(Cl)c2c1. The molecule has 0 saturated carbocycles. The van der Waals surface area contributed by atoms with Crippen molar-refractivity contribution in [3.8, 4) is 0 Å². The van der Waals surface area contributed by atoms with Crippen LogP contribution in [-0.4, -0.2) is 17.2 Å². The van der Waals surface area contributed by atoms with Crippen LogP contribution in [0.25, 0.3) is 10.9 Å². The Morgan fingerprint density at radius 2 is 2.12 bits per heavy atom. The normalized spacial score (nSPS) is 10.9. The lowest BCUT2D eigenvalue weighted by Gasteiger charge is -2.00. The second-order valence-electron chi connectivity index (χ2n) is 3.34. The molecule has 5 nitrogen and oxygen atoms in total. The van der Waals surface area contributed by atoms with Crippen LogP contribution in [0.4, 0.5) is 0 Å². The van der Waals surface area contributed by atoms with Crippen molar-refractivity contribution >= 4 is 34.7 Å². The smallest absolute Gasteiger partial charge is 0.211 e. The largest absolute Gasteiger partial charge is 0.369 e. The number of halogens is 1. The summed E-state index contributed by atoms with van der Waals surface area (Å²) in [5, 5.41) is 8.75. The zero-order valence-corrected chi connectivity index (χ0v) is 9.59. The highest BCUT2D eigenvalue weighted by molar-refractivity contribution is 6.35. The fourth-order valence-electron chi connectivity index (χ4n) is 1.37. The predicted octanol–water partition coefficient (Wildman–Crippen LogP) is 1.50. The van der Waals surface area contributed by atoms with Crippen LogP contribution in [0.15, 0.2) is 40.7 Å². The van der Waals surface area contributed by atoms with E-state index >= 15 is 0 Å². The summed E-state index contributed by atoms with van der Waals surface area (Å²) in [5.41, 5.74) is 12.0. The first-order chi connectivity index (χ1) is 8.16. The van der Waals surface area contributed by atoms with Crippen LogP contribution in [-0.2, 0) is 0 Å². The second-order valence-corrected chi connectivity index (χ2v) is 3.75. The molecule has 0 atom stereocenters. The summed E-state index contributed by atoms with van der Waals surface area (Å²) in [4.78, 5) is 4.20. The Morgan fingerprint density at radius 1 is 1.29 bits per heavy atom. The molecule has 0 bridgehead atoms. The fourth-order valence-corrected chi connectivity index (χ4v) is 1.58. The van der Waals surface area contributed by atoms with E-state index in [4.69, 9.17) is 23.1 Å². The van der Waals surface area contributed by atoms with Crippen LogP contribution < -0.4 is 11.5 Å². The molecule has 1 heterocycles. The van der Waals surface area contributed by atoms with Crippen molar-refractivity contribution in [3.05, 3.63) is 41.0 Å². The molecule has 0 fully saturated rings. The molecule has 6 heteroatoms. The molecule has 2 aromatic rings. The number of fused-ring (bicyclic) bond motifs is 1. The molecule has 0 radical (unpaired) electrons. The number of aromatic nitrogens is 1. The third-order valence-corrected chi connectivity index (χ3v) is 2.42. The van der Waals surface area contributed by atoms with Crippen molar-refractivity contribution in [2.75, 3.05) is 0 Å². The molecule has 0 saturated heterocycles. The second kappa shape index (κ2) is 4.80. The van der Waals surface area contributed by atoms with Gasteiger partial charge in [0.05, 0.1) is 16.8 Å². The highest BCUT2D eigenvalue weighted by Gasteiger charge is 1.99. The third-order valence-electron chi connectivity index (χ3n) is 2.09. The first kappa shape index (κ1) is 11.3. The molecule has 1 aromatic carbocycles. The maximum Gasteiger partial charge on any atom is 0.211 e. The van der Waals surface area contributed by atoms with Gasteiger partial charge in [0, 0.05) is 11.6 Å². The first-order valence-electron chi connectivity index (χ1n) is 4.83. The van der Waals surface area contributed by atoms with Gasteiger partial charge >= 0.3 is 0 Å². The highest BCUT2D eigenvalue weighted by Crippen LogP contribution is 2.21. The minimum Gasteiger partial charge on any atom is -0.369 e. The number of guanidine groups is 1. The van der Waals surface area contributed by atoms with Crippen molar-refractivity contribution in [2.45, 2.75) is 0 Å². The van der Waals surface area contributed by atoms with E-state index < -0.39 is 0 Å². The lowest BCUT2D eigenvalue weighted by atomic mass is 10.1. The Labute approximate surface area is 103 Å². The van der Waals surface area contributed by atoms with E-state index in [2.05, 4.69) is 15.2 Å². The lowest BCUT2D eigenvalue weighted by Crippen LogP contribution is -2.21. The molecule has 0 unspecified atom stereocenters. The van der Waals surface area contributed by atoms with Crippen LogP contribution in [0, 0.1) is 0 Å². The number of hydrogen-bond donors (Lipinski definition) is 2. The summed E-state index contributed by atoms with van der Waals surface area (Å²) >= 11 is 6.06. The Bertz CT molecular complexity index is 602. The van der Waals surface area contributed by atoms with E-state index in [1.807, 2.05) is 18.2 Å². The van der Waals surface area contributed by atoms with Gasteiger partial charge in [-0.25, -0.2) is 0 Å². The van der Waals surface area contributed by atoms with Gasteiger partial charge in [-0.15, -0.1) is 5.10 Å². The van der Waals surface area contributed by atoms with Crippen molar-refractivity contribution in [1.29, 1.82) is 0 Å². The molecule has 0 spiro atoms. The maximum atomic E-state index is 6.06. The molecule has 4 N–H and O–H groups in total. The molecular weight excluding hydrogens is 238 g/mol. The minimum atomic E-state index is -0.0817. The Kier molecular flexibility index (Phi) is 3.20. The molecule has 0 aliphatic heterocycles. The van der Waals surface area contributed by atoms with Crippen LogP contribution in [0.5, 0.6) is 0 Å². The molecular formula is C11H10ClN5. The molecule has 17 heavy (non-hydrogen) atoms. The Morgan fingerprint density at radius 3 is 2.88 bits per heavy atom. The number of pyridine rings is 1. The molecule has 0 amide bonds. The standard InChI is InChI=1S/C11H10ClN5/c12-9-3-4-15-10-2-1-7(5-8(9)10)6-16-17-11(13)14/h1-6H,(H4,13,14,17). The van der Waals surface area contributed by atoms with Gasteiger partial charge in [0.1, 0.15) is 0 Å². The monoisotopic (exact) mass is 247 g/mol. The Hall–Kier alpha value is -2.14. The average molecular weight is 248 g/mol. The topological polar surface area (TPSA) is 89.7 Å². The average Bonchev–Trinajstić information content (AvgIpc) is 2.30. The third kappa shape index (κ3) is 2.70. The predicted molar refractivity (Wildman–Crippen MR) is 70.2 cm³/mol. The van der Waals surface area contributed by atoms with Gasteiger partial charge in [0.2, 0.25) is 5.96 Å². The number of benzene rings is 1. The van der Waals surface area contributed by atoms with Gasteiger partial charge in [-0.05, 0) is 23.8 Å². The summed E-state index contributed by atoms with van der Waals surface area (Å²) in [5.74, 6) is -0.0817. The van der Waals surface area contributed by atoms with Gasteiger partial charge in [-0.2, -0.15) is 5.10 Å². The zero-order chi connectivity index (χ0) is 12.3. The summed E-state index contributed by atoms with van der Waals surface area (Å²) in [6, 6.07) is 7.33. The van der Waals surface area contributed by atoms with E-state index in [0.29, 0.717) is 5.02 Å². The van der Waals surface area contributed by atoms with E-state index in [0.717, 1.165) is 16.5 Å². The summed E-state index contributed by atoms with van der Waals surface area (Å²) in [6.07, 6.45) is 3.21. The van der Waals surface area contributed by atoms with Crippen LogP contribution >= 0.6 is 11.6 Å². The quantitative estimate of drug-likeness (QED) is 0.479. The van der Waals surface area contributed by atoms with Crippen LogP contribution in [0.2, 0.25) is 5.02 Å². The number of rotatable bonds is 2. The van der Waals surface area contributed by atoms with Crippen molar-refractivity contribution in [2.24, 2.45) is 21.7 Å². The molecule has 2 rings (SSSR count). The molecule has 1 aromatic heterocycles. The van der Waals surface area contributed by atoms with E-state index in [1.165, 1.54) is 0 Å². The summed E-state index contributed by atoms with van der Waals surface area (Å²) in [6.45, 7) is 0. The van der Waals surface area contributed by atoms with Crippen LogP contribution in [0.1, 0.15) is 5.56 Å². The van der Waals surface area contributed by atoms with Gasteiger partial charge in [-0.3, -0.25) is 4.98 Å². The lowest BCUT2D eigenvalue weighted by molar-refractivity contribution is 1.21. The van der Waals surface area contributed by atoms with Gasteiger partial charge in [0.15, 0.2) is 0 Å². The molecule has 0 aliphatic carbocycles. The van der Waals surface area contributed by atoms with Crippen molar-refractivity contribution < 1.29 is 0 Å².